The Kier molecular flexibility index (Phi) is 3.27. The molecule has 1 unspecified atom stereocenters. The third-order valence-corrected chi connectivity index (χ3v) is 4.82. The van der Waals surface area contributed by atoms with Gasteiger partial charge in [0, 0.05) is 9.92 Å². The van der Waals surface area contributed by atoms with Crippen LogP contribution in [0.2, 0.25) is 5.02 Å². The Bertz CT molecular complexity index is 613. The van der Waals surface area contributed by atoms with Gasteiger partial charge >= 0.3 is 0 Å². The van der Waals surface area contributed by atoms with Crippen LogP contribution in [0.4, 0.5) is 4.39 Å². The maximum Gasteiger partial charge on any atom is 0.138 e. The lowest BCUT2D eigenvalue weighted by molar-refractivity contribution is 0.596. The van der Waals surface area contributed by atoms with Gasteiger partial charge in [-0.05, 0) is 35.7 Å². The molecule has 0 nitrogen and oxygen atoms in total. The van der Waals surface area contributed by atoms with E-state index in [1.165, 1.54) is 17.8 Å². The fourth-order valence-corrected chi connectivity index (χ4v) is 3.85. The SMILES string of the molecule is Fc1cc(Cl)cc2c1Sc1ccccc1CC2Cl. The van der Waals surface area contributed by atoms with Crippen LogP contribution < -0.4 is 0 Å². The summed E-state index contributed by atoms with van der Waals surface area (Å²) in [6, 6.07) is 11.0. The number of halogens is 3. The highest BCUT2D eigenvalue weighted by atomic mass is 35.5. The second kappa shape index (κ2) is 4.76. The topological polar surface area (TPSA) is 0 Å². The molecule has 0 spiro atoms. The van der Waals surface area contributed by atoms with Gasteiger partial charge in [0.2, 0.25) is 0 Å². The predicted molar refractivity (Wildman–Crippen MR) is 74.3 cm³/mol. The minimum Gasteiger partial charge on any atom is -0.206 e. The number of alkyl halides is 1. The van der Waals surface area contributed by atoms with Crippen molar-refractivity contribution in [3.05, 3.63) is 58.4 Å². The Morgan fingerprint density at radius 2 is 2.00 bits per heavy atom. The molecule has 0 N–H and O–H groups in total. The van der Waals surface area contributed by atoms with E-state index >= 15 is 0 Å². The van der Waals surface area contributed by atoms with E-state index in [-0.39, 0.29) is 11.2 Å². The molecular formula is C14H9Cl2FS. The molecule has 0 saturated carbocycles. The van der Waals surface area contributed by atoms with Crippen LogP contribution in [-0.4, -0.2) is 0 Å². The van der Waals surface area contributed by atoms with Gasteiger partial charge in [-0.15, -0.1) is 11.6 Å². The van der Waals surface area contributed by atoms with Crippen molar-refractivity contribution in [3.8, 4) is 0 Å². The summed E-state index contributed by atoms with van der Waals surface area (Å²) in [7, 11) is 0. The Labute approximate surface area is 119 Å². The number of benzene rings is 2. The number of fused-ring (bicyclic) bond motifs is 2. The average molecular weight is 299 g/mol. The number of rotatable bonds is 0. The van der Waals surface area contributed by atoms with Crippen molar-refractivity contribution in [2.75, 3.05) is 0 Å². The summed E-state index contributed by atoms with van der Waals surface area (Å²) in [4.78, 5) is 1.65. The molecule has 4 heteroatoms. The van der Waals surface area contributed by atoms with Crippen LogP contribution in [0.3, 0.4) is 0 Å². The fourth-order valence-electron chi connectivity index (χ4n) is 2.11. The largest absolute Gasteiger partial charge is 0.206 e. The van der Waals surface area contributed by atoms with E-state index in [0.717, 1.165) is 16.0 Å². The second-order valence-electron chi connectivity index (χ2n) is 4.19. The Morgan fingerprint density at radius 1 is 1.22 bits per heavy atom. The molecule has 0 fully saturated rings. The summed E-state index contributed by atoms with van der Waals surface area (Å²) in [6.07, 6.45) is 0.692. The Morgan fingerprint density at radius 3 is 2.83 bits per heavy atom. The molecule has 92 valence electrons. The summed E-state index contributed by atoms with van der Waals surface area (Å²) >= 11 is 13.7. The van der Waals surface area contributed by atoms with E-state index in [4.69, 9.17) is 23.2 Å². The summed E-state index contributed by atoms with van der Waals surface area (Å²) in [6.45, 7) is 0. The van der Waals surface area contributed by atoms with Crippen LogP contribution in [-0.2, 0) is 6.42 Å². The molecule has 1 heterocycles. The highest BCUT2D eigenvalue weighted by Crippen LogP contribution is 2.45. The molecule has 1 aliphatic rings. The van der Waals surface area contributed by atoms with E-state index in [9.17, 15) is 4.39 Å². The van der Waals surface area contributed by atoms with Gasteiger partial charge < -0.3 is 0 Å². The van der Waals surface area contributed by atoms with E-state index < -0.39 is 0 Å². The van der Waals surface area contributed by atoms with Crippen LogP contribution in [0.15, 0.2) is 46.2 Å². The molecule has 1 aliphatic heterocycles. The molecule has 18 heavy (non-hydrogen) atoms. The summed E-state index contributed by atoms with van der Waals surface area (Å²) < 4.78 is 14.0. The fraction of sp³-hybridized carbons (Fsp3) is 0.143. The Hall–Kier alpha value is -0.700. The first-order valence-electron chi connectivity index (χ1n) is 5.54. The highest BCUT2D eigenvalue weighted by Gasteiger charge is 2.23. The van der Waals surface area contributed by atoms with Crippen molar-refractivity contribution in [3.63, 3.8) is 0 Å². The van der Waals surface area contributed by atoms with Gasteiger partial charge in [0.1, 0.15) is 5.82 Å². The zero-order valence-corrected chi connectivity index (χ0v) is 11.6. The normalized spacial score (nSPS) is 17.8. The third kappa shape index (κ3) is 2.13. The first kappa shape index (κ1) is 12.3. The summed E-state index contributed by atoms with van der Waals surface area (Å²) in [5.41, 5.74) is 1.93. The molecule has 0 radical (unpaired) electrons. The zero-order valence-electron chi connectivity index (χ0n) is 9.29. The smallest absolute Gasteiger partial charge is 0.138 e. The lowest BCUT2D eigenvalue weighted by Gasteiger charge is -2.11. The van der Waals surface area contributed by atoms with Crippen molar-refractivity contribution in [1.82, 2.24) is 0 Å². The lowest BCUT2D eigenvalue weighted by atomic mass is 10.0. The molecule has 0 saturated heterocycles. The van der Waals surface area contributed by atoms with Gasteiger partial charge in [-0.3, -0.25) is 0 Å². The Balaban J connectivity index is 2.19. The molecular weight excluding hydrogens is 290 g/mol. The highest BCUT2D eigenvalue weighted by molar-refractivity contribution is 7.99. The second-order valence-corrected chi connectivity index (χ2v) is 6.20. The molecule has 0 aromatic heterocycles. The number of hydrogen-bond acceptors (Lipinski definition) is 1. The van der Waals surface area contributed by atoms with Crippen molar-refractivity contribution < 1.29 is 4.39 Å². The van der Waals surface area contributed by atoms with E-state index in [1.807, 2.05) is 24.3 Å². The van der Waals surface area contributed by atoms with E-state index in [2.05, 4.69) is 0 Å². The average Bonchev–Trinajstić information content (AvgIpc) is 2.47. The zero-order chi connectivity index (χ0) is 12.7. The van der Waals surface area contributed by atoms with Crippen molar-refractivity contribution in [1.29, 1.82) is 0 Å². The summed E-state index contributed by atoms with van der Waals surface area (Å²) in [5.74, 6) is -0.301. The van der Waals surface area contributed by atoms with E-state index in [1.54, 1.807) is 6.07 Å². The maximum atomic E-state index is 14.0. The van der Waals surface area contributed by atoms with Gasteiger partial charge in [-0.1, -0.05) is 41.6 Å². The van der Waals surface area contributed by atoms with Gasteiger partial charge in [0.05, 0.1) is 10.3 Å². The minimum atomic E-state index is -0.301. The molecule has 3 rings (SSSR count). The van der Waals surface area contributed by atoms with Crippen LogP contribution in [0.1, 0.15) is 16.5 Å². The van der Waals surface area contributed by atoms with Gasteiger partial charge in [0.15, 0.2) is 0 Å². The monoisotopic (exact) mass is 298 g/mol. The molecule has 2 aromatic rings. The van der Waals surface area contributed by atoms with Gasteiger partial charge in [0.25, 0.3) is 0 Å². The first-order chi connectivity index (χ1) is 8.65. The lowest BCUT2D eigenvalue weighted by Crippen LogP contribution is -1.97. The van der Waals surface area contributed by atoms with E-state index in [0.29, 0.717) is 16.3 Å². The van der Waals surface area contributed by atoms with Crippen LogP contribution in [0.5, 0.6) is 0 Å². The van der Waals surface area contributed by atoms with Crippen LogP contribution in [0, 0.1) is 5.82 Å². The maximum absolute atomic E-state index is 14.0. The molecule has 0 amide bonds. The standard InChI is InChI=1S/C14H9Cl2FS/c15-9-6-10-11(16)5-8-3-1-2-4-13(8)18-14(10)12(17)7-9/h1-4,6-7,11H,5H2. The van der Waals surface area contributed by atoms with Crippen molar-refractivity contribution in [2.24, 2.45) is 0 Å². The van der Waals surface area contributed by atoms with Crippen LogP contribution in [0.25, 0.3) is 0 Å². The van der Waals surface area contributed by atoms with Crippen molar-refractivity contribution >= 4 is 35.0 Å². The quantitative estimate of drug-likeness (QED) is 0.581. The van der Waals surface area contributed by atoms with Gasteiger partial charge in [-0.25, -0.2) is 4.39 Å². The summed E-state index contributed by atoms with van der Waals surface area (Å²) in [5, 5.41) is 0.146. The third-order valence-electron chi connectivity index (χ3n) is 2.96. The van der Waals surface area contributed by atoms with Crippen molar-refractivity contribution in [2.45, 2.75) is 21.6 Å². The van der Waals surface area contributed by atoms with Crippen LogP contribution >= 0.6 is 35.0 Å². The molecule has 0 bridgehead atoms. The molecule has 2 aromatic carbocycles. The molecule has 1 atom stereocenters. The number of hydrogen-bond donors (Lipinski definition) is 0. The van der Waals surface area contributed by atoms with Gasteiger partial charge in [-0.2, -0.15) is 0 Å². The first-order valence-corrected chi connectivity index (χ1v) is 7.17. The molecule has 0 aliphatic carbocycles. The predicted octanol–water partition coefficient (Wildman–Crippen LogP) is 5.47. The minimum absolute atomic E-state index is 0.246.